The molecule has 1 N–H and O–H groups in total. The maximum Gasteiger partial charge on any atom is 0.0659 e. The van der Waals surface area contributed by atoms with Gasteiger partial charge in [0.05, 0.1) is 6.54 Å². The molecule has 0 aliphatic carbocycles. The molecule has 1 aromatic heterocycles. The first-order chi connectivity index (χ1) is 10.4. The van der Waals surface area contributed by atoms with Crippen LogP contribution in [0.3, 0.4) is 0 Å². The van der Waals surface area contributed by atoms with Crippen molar-refractivity contribution in [2.24, 2.45) is 0 Å². The lowest BCUT2D eigenvalue weighted by Gasteiger charge is -2.08. The number of nitrogens with zero attached hydrogens (tertiary/aromatic N) is 2. The van der Waals surface area contributed by atoms with Gasteiger partial charge in [-0.25, -0.2) is 0 Å². The Morgan fingerprint density at radius 1 is 1.00 bits per heavy atom. The zero-order valence-electron chi connectivity index (χ0n) is 13.1. The molecule has 3 nitrogen and oxygen atoms in total. The Hall–Kier alpha value is -1.77. The van der Waals surface area contributed by atoms with Gasteiger partial charge in [-0.3, -0.25) is 4.68 Å². The van der Waals surface area contributed by atoms with Crippen molar-refractivity contribution in [3.05, 3.63) is 48.3 Å². The molecule has 114 valence electrons. The molecular weight excluding hydrogens is 258 g/mol. The van der Waals surface area contributed by atoms with Gasteiger partial charge in [-0.1, -0.05) is 51.2 Å². The minimum atomic E-state index is 0.838. The molecule has 0 spiro atoms. The number of hydrogen-bond donors (Lipinski definition) is 1. The van der Waals surface area contributed by atoms with Gasteiger partial charge < -0.3 is 5.32 Å². The summed E-state index contributed by atoms with van der Waals surface area (Å²) in [5.74, 6) is 0. The van der Waals surface area contributed by atoms with E-state index < -0.39 is 0 Å². The summed E-state index contributed by atoms with van der Waals surface area (Å²) < 4.78 is 1.94. The van der Waals surface area contributed by atoms with Gasteiger partial charge in [-0.05, 0) is 30.2 Å². The predicted molar refractivity (Wildman–Crippen MR) is 89.6 cm³/mol. The van der Waals surface area contributed by atoms with Crippen LogP contribution in [0.5, 0.6) is 0 Å². The Morgan fingerprint density at radius 2 is 1.76 bits per heavy atom. The Kier molecular flexibility index (Phi) is 6.85. The number of nitrogens with one attached hydrogen (secondary N) is 1. The second-order valence-corrected chi connectivity index (χ2v) is 5.60. The third kappa shape index (κ3) is 6.03. The van der Waals surface area contributed by atoms with Gasteiger partial charge in [-0.15, -0.1) is 0 Å². The molecule has 0 atom stereocenters. The van der Waals surface area contributed by atoms with Crippen LogP contribution in [0.25, 0.3) is 0 Å². The summed E-state index contributed by atoms with van der Waals surface area (Å²) in [6.07, 6.45) is 11.9. The summed E-state index contributed by atoms with van der Waals surface area (Å²) >= 11 is 0. The van der Waals surface area contributed by atoms with Crippen molar-refractivity contribution in [1.29, 1.82) is 0 Å². The summed E-state index contributed by atoms with van der Waals surface area (Å²) in [7, 11) is 0. The molecule has 0 fully saturated rings. The van der Waals surface area contributed by atoms with Gasteiger partial charge in [0.15, 0.2) is 0 Å². The molecule has 0 amide bonds. The van der Waals surface area contributed by atoms with Gasteiger partial charge in [0.25, 0.3) is 0 Å². The van der Waals surface area contributed by atoms with Gasteiger partial charge >= 0.3 is 0 Å². The monoisotopic (exact) mass is 285 g/mol. The minimum Gasteiger partial charge on any atom is -0.385 e. The first-order valence-corrected chi connectivity index (χ1v) is 8.18. The first kappa shape index (κ1) is 15.6. The second kappa shape index (κ2) is 9.22. The second-order valence-electron chi connectivity index (χ2n) is 5.60. The van der Waals surface area contributed by atoms with Crippen molar-refractivity contribution in [1.82, 2.24) is 9.78 Å². The predicted octanol–water partition coefficient (Wildman–Crippen LogP) is 4.70. The minimum absolute atomic E-state index is 0.838. The Labute approximate surface area is 128 Å². The lowest BCUT2D eigenvalue weighted by atomic mass is 10.1. The smallest absolute Gasteiger partial charge is 0.0659 e. The summed E-state index contributed by atoms with van der Waals surface area (Å²) in [6, 6.07) is 10.6. The summed E-state index contributed by atoms with van der Waals surface area (Å²) in [6.45, 7) is 4.17. The van der Waals surface area contributed by atoms with Gasteiger partial charge in [0.1, 0.15) is 0 Å². The van der Waals surface area contributed by atoms with Crippen LogP contribution >= 0.6 is 0 Å². The fourth-order valence-electron chi connectivity index (χ4n) is 2.45. The number of aromatic nitrogens is 2. The molecule has 0 saturated heterocycles. The number of anilines is 1. The largest absolute Gasteiger partial charge is 0.385 e. The van der Waals surface area contributed by atoms with E-state index in [2.05, 4.69) is 41.6 Å². The van der Waals surface area contributed by atoms with Crippen LogP contribution in [0, 0.1) is 0 Å². The van der Waals surface area contributed by atoms with Gasteiger partial charge in [0.2, 0.25) is 0 Å². The summed E-state index contributed by atoms with van der Waals surface area (Å²) in [5, 5.41) is 7.73. The molecule has 1 heterocycles. The summed E-state index contributed by atoms with van der Waals surface area (Å²) in [5.41, 5.74) is 2.50. The quantitative estimate of drug-likeness (QED) is 0.641. The third-order valence-electron chi connectivity index (χ3n) is 3.72. The Morgan fingerprint density at radius 3 is 2.48 bits per heavy atom. The molecule has 21 heavy (non-hydrogen) atoms. The van der Waals surface area contributed by atoms with Gasteiger partial charge in [0, 0.05) is 24.6 Å². The zero-order chi connectivity index (χ0) is 14.8. The number of unbranched alkanes of at least 4 members (excludes halogenated alkanes) is 5. The van der Waals surface area contributed by atoms with E-state index in [0.29, 0.717) is 0 Å². The Bertz CT molecular complexity index is 474. The van der Waals surface area contributed by atoms with E-state index in [0.717, 1.165) is 13.1 Å². The third-order valence-corrected chi connectivity index (χ3v) is 3.72. The average molecular weight is 285 g/mol. The number of hydrogen-bond acceptors (Lipinski definition) is 2. The maximum atomic E-state index is 4.23. The van der Waals surface area contributed by atoms with Crippen molar-refractivity contribution in [3.8, 4) is 0 Å². The summed E-state index contributed by atoms with van der Waals surface area (Å²) in [4.78, 5) is 0. The highest BCUT2D eigenvalue weighted by Gasteiger charge is 1.96. The molecule has 3 heteroatoms. The van der Waals surface area contributed by atoms with E-state index in [1.807, 2.05) is 23.1 Å². The lowest BCUT2D eigenvalue weighted by Crippen LogP contribution is -2.02. The van der Waals surface area contributed by atoms with E-state index in [4.69, 9.17) is 0 Å². The SMILES string of the molecule is CCCCCCCCNc1ccc(Cn2cccn2)cc1. The maximum absolute atomic E-state index is 4.23. The molecule has 0 aliphatic heterocycles. The highest BCUT2D eigenvalue weighted by molar-refractivity contribution is 5.44. The number of rotatable bonds is 10. The van der Waals surface area contributed by atoms with E-state index >= 15 is 0 Å². The molecule has 0 saturated carbocycles. The van der Waals surface area contributed by atoms with Crippen LogP contribution in [-0.4, -0.2) is 16.3 Å². The van der Waals surface area contributed by atoms with Crippen molar-refractivity contribution in [2.75, 3.05) is 11.9 Å². The molecule has 0 radical (unpaired) electrons. The fourth-order valence-corrected chi connectivity index (χ4v) is 2.45. The van der Waals surface area contributed by atoms with Crippen LogP contribution < -0.4 is 5.32 Å². The van der Waals surface area contributed by atoms with Crippen LogP contribution in [0.4, 0.5) is 5.69 Å². The van der Waals surface area contributed by atoms with E-state index in [-0.39, 0.29) is 0 Å². The average Bonchev–Trinajstić information content (AvgIpc) is 3.01. The zero-order valence-corrected chi connectivity index (χ0v) is 13.1. The first-order valence-electron chi connectivity index (χ1n) is 8.18. The highest BCUT2D eigenvalue weighted by Crippen LogP contribution is 2.11. The topological polar surface area (TPSA) is 29.9 Å². The van der Waals surface area contributed by atoms with Crippen molar-refractivity contribution >= 4 is 5.69 Å². The van der Waals surface area contributed by atoms with E-state index in [9.17, 15) is 0 Å². The number of benzene rings is 1. The van der Waals surface area contributed by atoms with Crippen LogP contribution in [-0.2, 0) is 6.54 Å². The molecule has 2 aromatic rings. The highest BCUT2D eigenvalue weighted by atomic mass is 15.3. The fraction of sp³-hybridized carbons (Fsp3) is 0.500. The molecule has 0 bridgehead atoms. The molecular formula is C18H27N3. The lowest BCUT2D eigenvalue weighted by molar-refractivity contribution is 0.617. The van der Waals surface area contributed by atoms with Crippen molar-refractivity contribution in [3.63, 3.8) is 0 Å². The van der Waals surface area contributed by atoms with Crippen LogP contribution in [0.15, 0.2) is 42.7 Å². The molecule has 0 aliphatic rings. The van der Waals surface area contributed by atoms with Gasteiger partial charge in [-0.2, -0.15) is 5.10 Å². The van der Waals surface area contributed by atoms with E-state index in [1.54, 1.807) is 0 Å². The Balaban J connectivity index is 1.63. The normalized spacial score (nSPS) is 10.7. The van der Waals surface area contributed by atoms with Crippen molar-refractivity contribution in [2.45, 2.75) is 52.0 Å². The van der Waals surface area contributed by atoms with Crippen molar-refractivity contribution < 1.29 is 0 Å². The standard InChI is InChI=1S/C18H27N3/c1-2-3-4-5-6-7-13-19-18-11-9-17(10-12-18)16-21-15-8-14-20-21/h8-12,14-15,19H,2-7,13,16H2,1H3. The van der Waals surface area contributed by atoms with E-state index in [1.165, 1.54) is 49.8 Å². The molecule has 2 rings (SSSR count). The molecule has 1 aromatic carbocycles. The van der Waals surface area contributed by atoms with Crippen LogP contribution in [0.2, 0.25) is 0 Å². The molecule has 0 unspecified atom stereocenters. The van der Waals surface area contributed by atoms with Crippen LogP contribution in [0.1, 0.15) is 51.0 Å².